The molecule has 5 nitrogen and oxygen atoms in total. The van der Waals surface area contributed by atoms with Gasteiger partial charge >= 0.3 is 0 Å². The third-order valence-corrected chi connectivity index (χ3v) is 5.53. The molecule has 26 heavy (non-hydrogen) atoms. The van der Waals surface area contributed by atoms with Crippen molar-refractivity contribution in [2.45, 2.75) is 33.2 Å². The highest BCUT2D eigenvalue weighted by molar-refractivity contribution is 6.42. The molecule has 0 radical (unpaired) electrons. The SMILES string of the molecule is C[C@@H]1C[C@H](C)CN(C(=O)[C@@H](C)N(C)CC(=O)Nc2ccc(Cl)c(Cl)c2)C1. The van der Waals surface area contributed by atoms with Crippen LogP contribution in [0.4, 0.5) is 5.69 Å². The lowest BCUT2D eigenvalue weighted by molar-refractivity contribution is -0.139. The largest absolute Gasteiger partial charge is 0.341 e. The Bertz CT molecular complexity index is 658. The van der Waals surface area contributed by atoms with Crippen LogP contribution in [0.2, 0.25) is 10.0 Å². The lowest BCUT2D eigenvalue weighted by Gasteiger charge is -2.38. The lowest BCUT2D eigenvalue weighted by Crippen LogP contribution is -2.51. The van der Waals surface area contributed by atoms with Gasteiger partial charge < -0.3 is 10.2 Å². The fraction of sp³-hybridized carbons (Fsp3) is 0.579. The number of anilines is 1. The van der Waals surface area contributed by atoms with Crippen LogP contribution >= 0.6 is 23.2 Å². The Morgan fingerprint density at radius 1 is 1.23 bits per heavy atom. The zero-order valence-electron chi connectivity index (χ0n) is 15.8. The van der Waals surface area contributed by atoms with Crippen LogP contribution in [0.5, 0.6) is 0 Å². The van der Waals surface area contributed by atoms with Crippen molar-refractivity contribution in [2.24, 2.45) is 11.8 Å². The van der Waals surface area contributed by atoms with E-state index in [0.29, 0.717) is 27.6 Å². The monoisotopic (exact) mass is 399 g/mol. The molecule has 1 aliphatic rings. The molecule has 0 unspecified atom stereocenters. The number of hydrogen-bond donors (Lipinski definition) is 1. The van der Waals surface area contributed by atoms with Crippen LogP contribution in [0.15, 0.2) is 18.2 Å². The van der Waals surface area contributed by atoms with E-state index in [4.69, 9.17) is 23.2 Å². The van der Waals surface area contributed by atoms with Gasteiger partial charge in [-0.1, -0.05) is 37.0 Å². The zero-order valence-corrected chi connectivity index (χ0v) is 17.3. The summed E-state index contributed by atoms with van der Waals surface area (Å²) in [6, 6.07) is 4.57. The molecule has 1 aromatic carbocycles. The summed E-state index contributed by atoms with van der Waals surface area (Å²) in [5.74, 6) is 0.899. The predicted molar refractivity (Wildman–Crippen MR) is 107 cm³/mol. The summed E-state index contributed by atoms with van der Waals surface area (Å²) in [4.78, 5) is 28.7. The maximum absolute atomic E-state index is 12.8. The number of rotatable bonds is 5. The van der Waals surface area contributed by atoms with Crippen molar-refractivity contribution in [1.82, 2.24) is 9.80 Å². The van der Waals surface area contributed by atoms with Crippen molar-refractivity contribution < 1.29 is 9.59 Å². The first-order valence-electron chi connectivity index (χ1n) is 8.91. The second kappa shape index (κ2) is 9.07. The van der Waals surface area contributed by atoms with E-state index < -0.39 is 0 Å². The van der Waals surface area contributed by atoms with Crippen molar-refractivity contribution >= 4 is 40.7 Å². The first kappa shape index (κ1) is 21.0. The van der Waals surface area contributed by atoms with Gasteiger partial charge in [0.1, 0.15) is 0 Å². The van der Waals surface area contributed by atoms with Crippen LogP contribution in [0.3, 0.4) is 0 Å². The van der Waals surface area contributed by atoms with Gasteiger partial charge in [-0.25, -0.2) is 0 Å². The Kier molecular flexibility index (Phi) is 7.33. The molecular weight excluding hydrogens is 373 g/mol. The number of halogens is 2. The van der Waals surface area contributed by atoms with Gasteiger partial charge in [0, 0.05) is 18.8 Å². The Morgan fingerprint density at radius 2 is 1.85 bits per heavy atom. The molecule has 1 saturated heterocycles. The lowest BCUT2D eigenvalue weighted by atomic mass is 9.91. The van der Waals surface area contributed by atoms with Gasteiger partial charge in [0.25, 0.3) is 0 Å². The summed E-state index contributed by atoms with van der Waals surface area (Å²) in [6.07, 6.45) is 1.15. The third kappa shape index (κ3) is 5.60. The number of piperidine rings is 1. The summed E-state index contributed by atoms with van der Waals surface area (Å²) in [6.45, 7) is 7.89. The van der Waals surface area contributed by atoms with Crippen molar-refractivity contribution in [3.05, 3.63) is 28.2 Å². The molecule has 0 spiro atoms. The van der Waals surface area contributed by atoms with E-state index in [1.54, 1.807) is 30.1 Å². The third-order valence-electron chi connectivity index (χ3n) is 4.80. The summed E-state index contributed by atoms with van der Waals surface area (Å²) < 4.78 is 0. The minimum Gasteiger partial charge on any atom is -0.341 e. The van der Waals surface area contributed by atoms with Crippen molar-refractivity contribution in [3.63, 3.8) is 0 Å². The van der Waals surface area contributed by atoms with Crippen molar-refractivity contribution in [3.8, 4) is 0 Å². The first-order valence-corrected chi connectivity index (χ1v) is 9.67. The molecule has 1 aliphatic heterocycles. The number of likely N-dealkylation sites (N-methyl/N-ethyl adjacent to an activating group) is 1. The minimum atomic E-state index is -0.355. The van der Waals surface area contributed by atoms with Gasteiger partial charge in [-0.2, -0.15) is 0 Å². The fourth-order valence-corrected chi connectivity index (χ4v) is 3.73. The smallest absolute Gasteiger partial charge is 0.239 e. The summed E-state index contributed by atoms with van der Waals surface area (Å²) >= 11 is 11.8. The number of nitrogens with one attached hydrogen (secondary N) is 1. The van der Waals surface area contributed by atoms with E-state index >= 15 is 0 Å². The average Bonchev–Trinajstić information content (AvgIpc) is 2.55. The van der Waals surface area contributed by atoms with E-state index in [0.717, 1.165) is 19.5 Å². The Hall–Kier alpha value is -1.30. The zero-order chi connectivity index (χ0) is 19.4. The molecular formula is C19H27Cl2N3O2. The molecule has 2 rings (SSSR count). The van der Waals surface area contributed by atoms with Crippen LogP contribution in [-0.2, 0) is 9.59 Å². The Balaban J connectivity index is 1.90. The topological polar surface area (TPSA) is 52.7 Å². The number of likely N-dealkylation sites (tertiary alicyclic amines) is 1. The van der Waals surface area contributed by atoms with Crippen LogP contribution < -0.4 is 5.32 Å². The molecule has 0 aliphatic carbocycles. The van der Waals surface area contributed by atoms with E-state index in [9.17, 15) is 9.59 Å². The van der Waals surface area contributed by atoms with Gasteiger partial charge in [-0.3, -0.25) is 14.5 Å². The maximum Gasteiger partial charge on any atom is 0.239 e. The minimum absolute atomic E-state index is 0.0771. The van der Waals surface area contributed by atoms with Crippen LogP contribution in [0.1, 0.15) is 27.2 Å². The second-order valence-electron chi connectivity index (χ2n) is 7.46. The molecule has 2 amide bonds. The molecule has 7 heteroatoms. The average molecular weight is 400 g/mol. The molecule has 0 aromatic heterocycles. The van der Waals surface area contributed by atoms with Crippen molar-refractivity contribution in [2.75, 3.05) is 32.0 Å². The molecule has 144 valence electrons. The van der Waals surface area contributed by atoms with E-state index in [2.05, 4.69) is 19.2 Å². The Labute approximate surface area is 165 Å². The van der Waals surface area contributed by atoms with Gasteiger partial charge in [0.15, 0.2) is 0 Å². The molecule has 1 fully saturated rings. The normalized spacial score (nSPS) is 21.6. The molecule has 1 N–H and O–H groups in total. The highest BCUT2D eigenvalue weighted by Crippen LogP contribution is 2.25. The van der Waals surface area contributed by atoms with Crippen LogP contribution in [-0.4, -0.2) is 54.3 Å². The first-order chi connectivity index (χ1) is 12.2. The molecule has 1 heterocycles. The number of amides is 2. The summed E-state index contributed by atoms with van der Waals surface area (Å²) in [7, 11) is 1.79. The van der Waals surface area contributed by atoms with Gasteiger partial charge in [-0.15, -0.1) is 0 Å². The molecule has 1 aromatic rings. The standard InChI is InChI=1S/C19H27Cl2N3O2/c1-12-7-13(2)10-24(9-12)19(26)14(3)23(4)11-18(25)22-15-5-6-16(20)17(21)8-15/h5-6,8,12-14H,7,9-11H2,1-4H3,(H,22,25)/t12-,13+,14-/m1/s1. The number of benzene rings is 1. The fourth-order valence-electron chi connectivity index (χ4n) is 3.43. The number of nitrogens with zero attached hydrogens (tertiary/aromatic N) is 2. The summed E-state index contributed by atoms with van der Waals surface area (Å²) in [5.41, 5.74) is 0.579. The van der Waals surface area contributed by atoms with Gasteiger partial charge in [-0.05, 0) is 50.4 Å². The quantitative estimate of drug-likeness (QED) is 0.819. The number of carbonyl (C=O) groups excluding carboxylic acids is 2. The van der Waals surface area contributed by atoms with Gasteiger partial charge in [0.05, 0.1) is 22.6 Å². The van der Waals surface area contributed by atoms with Gasteiger partial charge in [0.2, 0.25) is 11.8 Å². The molecule has 0 saturated carbocycles. The van der Waals surface area contributed by atoms with E-state index in [-0.39, 0.29) is 24.4 Å². The van der Waals surface area contributed by atoms with Crippen LogP contribution in [0, 0.1) is 11.8 Å². The summed E-state index contributed by atoms with van der Waals surface area (Å²) in [5, 5.41) is 3.60. The van der Waals surface area contributed by atoms with E-state index in [1.165, 1.54) is 0 Å². The highest BCUT2D eigenvalue weighted by Gasteiger charge is 2.30. The van der Waals surface area contributed by atoms with Crippen LogP contribution in [0.25, 0.3) is 0 Å². The van der Waals surface area contributed by atoms with E-state index in [1.807, 2.05) is 11.8 Å². The number of carbonyl (C=O) groups is 2. The highest BCUT2D eigenvalue weighted by atomic mass is 35.5. The maximum atomic E-state index is 12.8. The Morgan fingerprint density at radius 3 is 2.42 bits per heavy atom. The second-order valence-corrected chi connectivity index (χ2v) is 8.27. The predicted octanol–water partition coefficient (Wildman–Crippen LogP) is 3.76. The molecule has 0 bridgehead atoms. The molecule has 3 atom stereocenters. The number of hydrogen-bond acceptors (Lipinski definition) is 3. The van der Waals surface area contributed by atoms with Crippen molar-refractivity contribution in [1.29, 1.82) is 0 Å².